The number of carbonyl (C=O) groups is 1. The highest BCUT2D eigenvalue weighted by Gasteiger charge is 2.20. The maximum absolute atomic E-state index is 12.9. The molecular formula is C20H24FN3O. The summed E-state index contributed by atoms with van der Waals surface area (Å²) in [5.74, 6) is 0.251. The number of likely N-dealkylation sites (tertiary alicyclic amines) is 1. The first-order valence-corrected chi connectivity index (χ1v) is 8.82. The smallest absolute Gasteiger partial charge is 0.224 e. The lowest BCUT2D eigenvalue weighted by Crippen LogP contribution is -2.38. The summed E-state index contributed by atoms with van der Waals surface area (Å²) in [4.78, 5) is 18.8. The van der Waals surface area contributed by atoms with E-state index < -0.39 is 0 Å². The van der Waals surface area contributed by atoms with Crippen LogP contribution in [0.15, 0.2) is 48.7 Å². The van der Waals surface area contributed by atoms with Crippen molar-refractivity contribution in [3.8, 4) is 0 Å². The lowest BCUT2D eigenvalue weighted by Gasteiger charge is -2.31. The van der Waals surface area contributed by atoms with Gasteiger partial charge in [-0.3, -0.25) is 14.7 Å². The molecule has 0 aliphatic carbocycles. The molecule has 0 spiro atoms. The van der Waals surface area contributed by atoms with Gasteiger partial charge in [-0.15, -0.1) is 0 Å². The summed E-state index contributed by atoms with van der Waals surface area (Å²) in [6.07, 6.45) is 4.31. The van der Waals surface area contributed by atoms with Crippen LogP contribution in [0.3, 0.4) is 0 Å². The Balaban J connectivity index is 1.36. The van der Waals surface area contributed by atoms with Crippen molar-refractivity contribution in [3.63, 3.8) is 0 Å². The molecule has 2 heterocycles. The molecule has 1 aromatic carbocycles. The fraction of sp³-hybridized carbons (Fsp3) is 0.400. The van der Waals surface area contributed by atoms with E-state index in [1.54, 1.807) is 12.1 Å². The molecule has 132 valence electrons. The van der Waals surface area contributed by atoms with E-state index in [0.717, 1.165) is 50.3 Å². The van der Waals surface area contributed by atoms with Gasteiger partial charge >= 0.3 is 0 Å². The molecule has 4 nitrogen and oxygen atoms in total. The van der Waals surface area contributed by atoms with E-state index in [4.69, 9.17) is 0 Å². The van der Waals surface area contributed by atoms with Gasteiger partial charge in [-0.25, -0.2) is 4.39 Å². The highest BCUT2D eigenvalue weighted by molar-refractivity contribution is 5.78. The van der Waals surface area contributed by atoms with E-state index in [0.29, 0.717) is 12.3 Å². The van der Waals surface area contributed by atoms with Crippen LogP contribution in [0.4, 0.5) is 4.39 Å². The van der Waals surface area contributed by atoms with E-state index in [9.17, 15) is 9.18 Å². The van der Waals surface area contributed by atoms with Crippen LogP contribution in [0.25, 0.3) is 0 Å². The van der Waals surface area contributed by atoms with Crippen LogP contribution >= 0.6 is 0 Å². The molecule has 1 aliphatic heterocycles. The number of halogens is 1. The summed E-state index contributed by atoms with van der Waals surface area (Å²) >= 11 is 0. The number of piperidine rings is 1. The van der Waals surface area contributed by atoms with E-state index in [1.165, 1.54) is 12.1 Å². The van der Waals surface area contributed by atoms with E-state index >= 15 is 0 Å². The zero-order valence-corrected chi connectivity index (χ0v) is 14.3. The molecule has 5 heteroatoms. The molecule has 1 N–H and O–H groups in total. The van der Waals surface area contributed by atoms with E-state index in [-0.39, 0.29) is 11.7 Å². The number of carbonyl (C=O) groups excluding carboxylic acids is 1. The van der Waals surface area contributed by atoms with Crippen molar-refractivity contribution in [1.82, 2.24) is 15.2 Å². The number of benzene rings is 1. The summed E-state index contributed by atoms with van der Waals surface area (Å²) in [6, 6.07) is 12.1. The predicted octanol–water partition coefficient (Wildman–Crippen LogP) is 2.79. The van der Waals surface area contributed by atoms with Crippen molar-refractivity contribution in [3.05, 3.63) is 65.7 Å². The Morgan fingerprint density at radius 3 is 2.60 bits per heavy atom. The molecule has 1 amide bonds. The monoisotopic (exact) mass is 341 g/mol. The fourth-order valence-corrected chi connectivity index (χ4v) is 3.18. The second-order valence-electron chi connectivity index (χ2n) is 6.65. The first kappa shape index (κ1) is 17.5. The normalized spacial score (nSPS) is 15.9. The van der Waals surface area contributed by atoms with Gasteiger partial charge in [-0.05, 0) is 61.7 Å². The molecule has 0 saturated carbocycles. The predicted molar refractivity (Wildman–Crippen MR) is 95.4 cm³/mol. The molecule has 3 rings (SSSR count). The first-order chi connectivity index (χ1) is 12.2. The van der Waals surface area contributed by atoms with Gasteiger partial charge in [-0.1, -0.05) is 18.2 Å². The van der Waals surface area contributed by atoms with Gasteiger partial charge in [-0.2, -0.15) is 0 Å². The quantitative estimate of drug-likeness (QED) is 0.879. The summed E-state index contributed by atoms with van der Waals surface area (Å²) in [5, 5.41) is 3.02. The third-order valence-corrected chi connectivity index (χ3v) is 4.68. The second kappa shape index (κ2) is 8.72. The van der Waals surface area contributed by atoms with Crippen molar-refractivity contribution in [2.24, 2.45) is 5.92 Å². The summed E-state index contributed by atoms with van der Waals surface area (Å²) < 4.78 is 12.9. The van der Waals surface area contributed by atoms with Crippen molar-refractivity contribution in [2.45, 2.75) is 25.8 Å². The molecule has 1 fully saturated rings. The van der Waals surface area contributed by atoms with Crippen molar-refractivity contribution in [1.29, 1.82) is 0 Å². The molecule has 0 bridgehead atoms. The number of nitrogens with zero attached hydrogens (tertiary/aromatic N) is 2. The van der Waals surface area contributed by atoms with Gasteiger partial charge < -0.3 is 5.32 Å². The van der Waals surface area contributed by atoms with Gasteiger partial charge in [0.1, 0.15) is 5.82 Å². The number of hydrogen-bond acceptors (Lipinski definition) is 3. The molecule has 1 aromatic heterocycles. The SMILES string of the molecule is O=C(Cc1ccc(F)cc1)NCC1CCN(Cc2ccccn2)CC1. The molecule has 0 atom stereocenters. The third-order valence-electron chi connectivity index (χ3n) is 4.68. The summed E-state index contributed by atoms with van der Waals surface area (Å²) in [7, 11) is 0. The van der Waals surface area contributed by atoms with E-state index in [1.807, 2.05) is 18.3 Å². The number of nitrogens with one attached hydrogen (secondary N) is 1. The van der Waals surface area contributed by atoms with Crippen LogP contribution < -0.4 is 5.32 Å². The summed E-state index contributed by atoms with van der Waals surface area (Å²) in [5.41, 5.74) is 1.94. The van der Waals surface area contributed by atoms with Crippen LogP contribution in [-0.4, -0.2) is 35.4 Å². The lowest BCUT2D eigenvalue weighted by atomic mass is 9.96. The Bertz CT molecular complexity index is 667. The molecule has 0 radical (unpaired) electrons. The fourth-order valence-electron chi connectivity index (χ4n) is 3.18. The maximum atomic E-state index is 12.9. The van der Waals surface area contributed by atoms with Crippen LogP contribution in [-0.2, 0) is 17.8 Å². The number of rotatable bonds is 6. The van der Waals surface area contributed by atoms with Gasteiger partial charge in [0.15, 0.2) is 0 Å². The van der Waals surface area contributed by atoms with Crippen LogP contribution in [0.1, 0.15) is 24.1 Å². The minimum absolute atomic E-state index is 0.00234. The standard InChI is InChI=1S/C20H24FN3O/c21-18-6-4-16(5-7-18)13-20(25)23-14-17-8-11-24(12-9-17)15-19-3-1-2-10-22-19/h1-7,10,17H,8-9,11-15H2,(H,23,25). The minimum atomic E-state index is -0.276. The minimum Gasteiger partial charge on any atom is -0.356 e. The Hall–Kier alpha value is -2.27. The maximum Gasteiger partial charge on any atom is 0.224 e. The Kier molecular flexibility index (Phi) is 6.12. The van der Waals surface area contributed by atoms with Gasteiger partial charge in [0, 0.05) is 19.3 Å². The Morgan fingerprint density at radius 1 is 1.16 bits per heavy atom. The average Bonchev–Trinajstić information content (AvgIpc) is 2.64. The molecule has 25 heavy (non-hydrogen) atoms. The zero-order valence-electron chi connectivity index (χ0n) is 14.3. The van der Waals surface area contributed by atoms with E-state index in [2.05, 4.69) is 21.3 Å². The van der Waals surface area contributed by atoms with Crippen molar-refractivity contribution in [2.75, 3.05) is 19.6 Å². The van der Waals surface area contributed by atoms with Gasteiger partial charge in [0.05, 0.1) is 12.1 Å². The highest BCUT2D eigenvalue weighted by atomic mass is 19.1. The first-order valence-electron chi connectivity index (χ1n) is 8.82. The molecular weight excluding hydrogens is 317 g/mol. The van der Waals surface area contributed by atoms with Crippen LogP contribution in [0.5, 0.6) is 0 Å². The molecule has 1 aliphatic rings. The van der Waals surface area contributed by atoms with Crippen molar-refractivity contribution >= 4 is 5.91 Å². The average molecular weight is 341 g/mol. The molecule has 1 saturated heterocycles. The largest absolute Gasteiger partial charge is 0.356 e. The second-order valence-corrected chi connectivity index (χ2v) is 6.65. The lowest BCUT2D eigenvalue weighted by molar-refractivity contribution is -0.120. The van der Waals surface area contributed by atoms with Crippen molar-refractivity contribution < 1.29 is 9.18 Å². The number of amides is 1. The van der Waals surface area contributed by atoms with Crippen LogP contribution in [0.2, 0.25) is 0 Å². The number of pyridine rings is 1. The van der Waals surface area contributed by atoms with Gasteiger partial charge in [0.25, 0.3) is 0 Å². The molecule has 0 unspecified atom stereocenters. The number of hydrogen-bond donors (Lipinski definition) is 1. The Labute approximate surface area is 148 Å². The molecule has 2 aromatic rings. The van der Waals surface area contributed by atoms with Crippen LogP contribution in [0, 0.1) is 11.7 Å². The zero-order chi connectivity index (χ0) is 17.5. The third kappa shape index (κ3) is 5.64. The topological polar surface area (TPSA) is 45.2 Å². The van der Waals surface area contributed by atoms with Gasteiger partial charge in [0.2, 0.25) is 5.91 Å². The Morgan fingerprint density at radius 2 is 1.92 bits per heavy atom. The number of aromatic nitrogens is 1. The summed E-state index contributed by atoms with van der Waals surface area (Å²) in [6.45, 7) is 3.69. The highest BCUT2D eigenvalue weighted by Crippen LogP contribution is 2.18.